The topological polar surface area (TPSA) is 116 Å². The number of amides is 1. The van der Waals surface area contributed by atoms with Gasteiger partial charge in [-0.05, 0) is 49.2 Å². The van der Waals surface area contributed by atoms with E-state index in [1.807, 2.05) is 0 Å². The Morgan fingerprint density at radius 1 is 1.12 bits per heavy atom. The molecule has 4 N–H and O–H groups in total. The Labute approximate surface area is 156 Å². The van der Waals surface area contributed by atoms with Crippen molar-refractivity contribution >= 4 is 33.2 Å². The molecule has 0 aliphatic carbocycles. The summed E-state index contributed by atoms with van der Waals surface area (Å²) >= 11 is 5.84. The number of aliphatic hydroxyl groups is 1. The number of carbonyl (C=O) groups excluding carboxylic acids is 1. The zero-order valence-corrected chi connectivity index (χ0v) is 15.3. The van der Waals surface area contributed by atoms with Crippen molar-refractivity contribution in [1.82, 2.24) is 4.72 Å². The van der Waals surface area contributed by atoms with Crippen LogP contribution in [0.5, 0.6) is 5.75 Å². The first-order valence-electron chi connectivity index (χ1n) is 7.84. The normalized spacial score (nSPS) is 11.3. The van der Waals surface area contributed by atoms with E-state index < -0.39 is 15.9 Å². The fourth-order valence-corrected chi connectivity index (χ4v) is 3.43. The Morgan fingerprint density at radius 2 is 1.88 bits per heavy atom. The minimum absolute atomic E-state index is 0.00622. The van der Waals surface area contributed by atoms with Gasteiger partial charge in [0.1, 0.15) is 5.75 Å². The van der Waals surface area contributed by atoms with Gasteiger partial charge in [0.2, 0.25) is 10.0 Å². The third-order valence-electron chi connectivity index (χ3n) is 3.49. The molecule has 0 spiro atoms. The molecule has 0 radical (unpaired) electrons. The van der Waals surface area contributed by atoms with Crippen molar-refractivity contribution in [2.75, 3.05) is 18.5 Å². The second-order valence-electron chi connectivity index (χ2n) is 5.47. The molecule has 9 heteroatoms. The highest BCUT2D eigenvalue weighted by Crippen LogP contribution is 2.27. The molecule has 7 nitrogen and oxygen atoms in total. The quantitative estimate of drug-likeness (QED) is 0.402. The number of hydrogen-bond donors (Lipinski definition) is 4. The molecule has 0 aromatic heterocycles. The maximum Gasteiger partial charge on any atom is 0.255 e. The number of benzene rings is 2. The first-order chi connectivity index (χ1) is 12.3. The van der Waals surface area contributed by atoms with Crippen LogP contribution >= 0.6 is 11.6 Å². The van der Waals surface area contributed by atoms with E-state index in [0.29, 0.717) is 17.9 Å². The molecule has 0 heterocycles. The molecule has 2 aromatic rings. The summed E-state index contributed by atoms with van der Waals surface area (Å²) in [4.78, 5) is 12.3. The smallest absolute Gasteiger partial charge is 0.255 e. The van der Waals surface area contributed by atoms with Crippen LogP contribution in [0.15, 0.2) is 47.4 Å². The minimum atomic E-state index is -3.77. The first-order valence-corrected chi connectivity index (χ1v) is 9.70. The van der Waals surface area contributed by atoms with Crippen LogP contribution in [0.1, 0.15) is 23.2 Å². The Morgan fingerprint density at radius 3 is 2.62 bits per heavy atom. The molecule has 2 aromatic carbocycles. The standard InChI is InChI=1S/C17H19ClN2O5S/c18-13-6-7-16(22)15(11-13)20-17(23)12-4-3-5-14(10-12)26(24,25)19-8-1-2-9-21/h3-7,10-11,19,21-22H,1-2,8-9H2,(H,20,23). The molecule has 0 saturated carbocycles. The number of phenols is 1. The van der Waals surface area contributed by atoms with E-state index >= 15 is 0 Å². The predicted molar refractivity (Wildman–Crippen MR) is 99.0 cm³/mol. The van der Waals surface area contributed by atoms with Crippen LogP contribution in [0, 0.1) is 0 Å². The van der Waals surface area contributed by atoms with E-state index in [9.17, 15) is 18.3 Å². The van der Waals surface area contributed by atoms with Gasteiger partial charge in [0.25, 0.3) is 5.91 Å². The number of nitrogens with one attached hydrogen (secondary N) is 2. The van der Waals surface area contributed by atoms with Gasteiger partial charge in [-0.3, -0.25) is 4.79 Å². The number of hydrogen-bond acceptors (Lipinski definition) is 5. The SMILES string of the molecule is O=C(Nc1cc(Cl)ccc1O)c1cccc(S(=O)(=O)NCCCCO)c1. The van der Waals surface area contributed by atoms with Crippen LogP contribution in [0.3, 0.4) is 0 Å². The molecule has 26 heavy (non-hydrogen) atoms. The second-order valence-corrected chi connectivity index (χ2v) is 7.68. The van der Waals surface area contributed by atoms with Gasteiger partial charge in [-0.1, -0.05) is 17.7 Å². The predicted octanol–water partition coefficient (Wildman–Crippen LogP) is 2.35. The van der Waals surface area contributed by atoms with Gasteiger partial charge in [-0.15, -0.1) is 0 Å². The number of aliphatic hydroxyl groups excluding tert-OH is 1. The van der Waals surface area contributed by atoms with E-state index in [4.69, 9.17) is 16.7 Å². The lowest BCUT2D eigenvalue weighted by Gasteiger charge is -2.10. The maximum atomic E-state index is 12.3. The summed E-state index contributed by atoms with van der Waals surface area (Å²) in [6, 6.07) is 9.74. The number of unbranched alkanes of at least 4 members (excludes halogenated alkanes) is 1. The summed E-state index contributed by atoms with van der Waals surface area (Å²) in [6.45, 7) is 0.184. The monoisotopic (exact) mass is 398 g/mol. The molecule has 0 fully saturated rings. The van der Waals surface area contributed by atoms with E-state index in [-0.39, 0.29) is 35.0 Å². The van der Waals surface area contributed by atoms with Crippen LogP contribution in [0.4, 0.5) is 5.69 Å². The van der Waals surface area contributed by atoms with E-state index in [2.05, 4.69) is 10.0 Å². The Bertz CT molecular complexity index is 886. The number of phenolic OH excluding ortho intramolecular Hbond substituents is 1. The van der Waals surface area contributed by atoms with Crippen molar-refractivity contribution < 1.29 is 23.4 Å². The lowest BCUT2D eigenvalue weighted by Crippen LogP contribution is -2.25. The molecule has 140 valence electrons. The Hall–Kier alpha value is -2.13. The van der Waals surface area contributed by atoms with Crippen molar-refractivity contribution in [2.45, 2.75) is 17.7 Å². The van der Waals surface area contributed by atoms with Crippen molar-refractivity contribution in [2.24, 2.45) is 0 Å². The number of carbonyl (C=O) groups is 1. The van der Waals surface area contributed by atoms with Crippen LogP contribution in [-0.4, -0.2) is 37.7 Å². The molecular weight excluding hydrogens is 380 g/mol. The molecule has 1 amide bonds. The maximum absolute atomic E-state index is 12.3. The Balaban J connectivity index is 2.15. The van der Waals surface area contributed by atoms with Gasteiger partial charge in [-0.2, -0.15) is 0 Å². The lowest BCUT2D eigenvalue weighted by atomic mass is 10.2. The highest BCUT2D eigenvalue weighted by atomic mass is 35.5. The van der Waals surface area contributed by atoms with Crippen molar-refractivity contribution in [3.63, 3.8) is 0 Å². The fraction of sp³-hybridized carbons (Fsp3) is 0.235. The molecule has 0 saturated heterocycles. The van der Waals surface area contributed by atoms with E-state index in [1.54, 1.807) is 0 Å². The highest BCUT2D eigenvalue weighted by molar-refractivity contribution is 7.89. The molecule has 0 aliphatic heterocycles. The summed E-state index contributed by atoms with van der Waals surface area (Å²) in [5.41, 5.74) is 0.237. The summed E-state index contributed by atoms with van der Waals surface area (Å²) in [7, 11) is -3.77. The van der Waals surface area contributed by atoms with Crippen molar-refractivity contribution in [3.05, 3.63) is 53.1 Å². The summed E-state index contributed by atoms with van der Waals surface area (Å²) in [6.07, 6.45) is 0.998. The van der Waals surface area contributed by atoms with Gasteiger partial charge < -0.3 is 15.5 Å². The summed E-state index contributed by atoms with van der Waals surface area (Å²) in [5.74, 6) is -0.739. The van der Waals surface area contributed by atoms with Crippen LogP contribution < -0.4 is 10.0 Å². The van der Waals surface area contributed by atoms with Crippen LogP contribution in [0.2, 0.25) is 5.02 Å². The summed E-state index contributed by atoms with van der Waals surface area (Å²) < 4.78 is 26.9. The zero-order chi connectivity index (χ0) is 19.2. The molecule has 0 aliphatic rings. The highest BCUT2D eigenvalue weighted by Gasteiger charge is 2.16. The molecule has 0 atom stereocenters. The van der Waals surface area contributed by atoms with Crippen LogP contribution in [-0.2, 0) is 10.0 Å². The summed E-state index contributed by atoms with van der Waals surface area (Å²) in [5, 5.41) is 21.3. The average Bonchev–Trinajstić information content (AvgIpc) is 2.62. The van der Waals surface area contributed by atoms with E-state index in [1.165, 1.54) is 42.5 Å². The van der Waals surface area contributed by atoms with Crippen molar-refractivity contribution in [3.8, 4) is 5.75 Å². The number of anilines is 1. The van der Waals surface area contributed by atoms with Gasteiger partial charge in [0.15, 0.2) is 0 Å². The van der Waals surface area contributed by atoms with Gasteiger partial charge in [-0.25, -0.2) is 13.1 Å². The molecule has 0 unspecified atom stereocenters. The van der Waals surface area contributed by atoms with Gasteiger partial charge in [0, 0.05) is 23.7 Å². The Kier molecular flexibility index (Phi) is 6.98. The number of aromatic hydroxyl groups is 1. The van der Waals surface area contributed by atoms with Crippen molar-refractivity contribution in [1.29, 1.82) is 0 Å². The fourth-order valence-electron chi connectivity index (χ4n) is 2.13. The number of halogens is 1. The van der Waals surface area contributed by atoms with Crippen LogP contribution in [0.25, 0.3) is 0 Å². The molecular formula is C17H19ClN2O5S. The third-order valence-corrected chi connectivity index (χ3v) is 5.18. The van der Waals surface area contributed by atoms with E-state index in [0.717, 1.165) is 0 Å². The zero-order valence-electron chi connectivity index (χ0n) is 13.8. The molecule has 2 rings (SSSR count). The number of sulfonamides is 1. The molecule has 0 bridgehead atoms. The lowest BCUT2D eigenvalue weighted by molar-refractivity contribution is 0.102. The van der Waals surface area contributed by atoms with Gasteiger partial charge in [0.05, 0.1) is 10.6 Å². The second kappa shape index (κ2) is 9.00. The number of rotatable bonds is 8. The van der Waals surface area contributed by atoms with Gasteiger partial charge >= 0.3 is 0 Å². The minimum Gasteiger partial charge on any atom is -0.506 e. The average molecular weight is 399 g/mol. The first kappa shape index (κ1) is 20.2. The third kappa shape index (κ3) is 5.43. The largest absolute Gasteiger partial charge is 0.506 e.